The number of aliphatic carboxylic acids is 2. The minimum absolute atomic E-state index is 0.135. The van der Waals surface area contributed by atoms with Crippen molar-refractivity contribution in [2.24, 2.45) is 11.7 Å². The average molecular weight is 850 g/mol. The van der Waals surface area contributed by atoms with Crippen molar-refractivity contribution in [1.29, 1.82) is 0 Å². The third kappa shape index (κ3) is 12.8. The van der Waals surface area contributed by atoms with Gasteiger partial charge in [0.1, 0.15) is 30.2 Å². The lowest BCUT2D eigenvalue weighted by Gasteiger charge is -2.28. The fourth-order valence-electron chi connectivity index (χ4n) is 6.44. The molecule has 0 fully saturated rings. The quantitative estimate of drug-likeness (QED) is 0.0403. The van der Waals surface area contributed by atoms with Gasteiger partial charge < -0.3 is 68.0 Å². The minimum atomic E-state index is -1.93. The van der Waals surface area contributed by atoms with Crippen LogP contribution < -0.4 is 37.6 Å². The molecular formula is C40H51N9O12. The summed E-state index contributed by atoms with van der Waals surface area (Å²) in [5.74, 6) is -9.60. The third-order valence-electron chi connectivity index (χ3n) is 9.75. The first-order valence-corrected chi connectivity index (χ1v) is 19.3. The van der Waals surface area contributed by atoms with Crippen molar-refractivity contribution in [2.75, 3.05) is 13.2 Å². The Morgan fingerprint density at radius 1 is 0.639 bits per heavy atom. The summed E-state index contributed by atoms with van der Waals surface area (Å²) in [4.78, 5) is 109. The number of carbonyl (C=O) groups excluding carboxylic acids is 6. The van der Waals surface area contributed by atoms with E-state index in [9.17, 15) is 58.8 Å². The summed E-state index contributed by atoms with van der Waals surface area (Å²) < 4.78 is 0. The summed E-state index contributed by atoms with van der Waals surface area (Å²) in [6.45, 7) is 2.57. The largest absolute Gasteiger partial charge is 0.481 e. The number of carbonyl (C=O) groups is 8. The summed E-state index contributed by atoms with van der Waals surface area (Å²) in [6, 6.07) is 5.08. The highest BCUT2D eigenvalue weighted by atomic mass is 16.4. The zero-order valence-corrected chi connectivity index (χ0v) is 33.6. The lowest BCUT2D eigenvalue weighted by Crippen LogP contribution is -2.62. The number of benzene rings is 2. The molecule has 328 valence electrons. The second-order valence-electron chi connectivity index (χ2n) is 14.8. The molecule has 0 unspecified atom stereocenters. The van der Waals surface area contributed by atoms with Gasteiger partial charge in [-0.15, -0.1) is 0 Å². The molecule has 21 nitrogen and oxygen atoms in total. The number of fused-ring (bicyclic) bond motifs is 2. The highest BCUT2D eigenvalue weighted by Crippen LogP contribution is 2.20. The van der Waals surface area contributed by atoms with E-state index in [1.807, 2.05) is 24.3 Å². The molecule has 0 spiro atoms. The first-order valence-electron chi connectivity index (χ1n) is 19.3. The van der Waals surface area contributed by atoms with Crippen LogP contribution in [0.25, 0.3) is 21.8 Å². The molecule has 61 heavy (non-hydrogen) atoms. The van der Waals surface area contributed by atoms with E-state index in [2.05, 4.69) is 41.9 Å². The van der Waals surface area contributed by atoms with Gasteiger partial charge in [-0.2, -0.15) is 0 Å². The van der Waals surface area contributed by atoms with Crippen LogP contribution in [0.3, 0.4) is 0 Å². The molecule has 2 aromatic heterocycles. The molecule has 4 rings (SSSR count). The van der Waals surface area contributed by atoms with E-state index in [0.29, 0.717) is 16.5 Å². The molecule has 7 atom stereocenters. The summed E-state index contributed by atoms with van der Waals surface area (Å²) in [6.07, 6.45) is 0.557. The Morgan fingerprint density at radius 2 is 1.15 bits per heavy atom. The maximum absolute atomic E-state index is 13.7. The Bertz CT molecular complexity index is 2240. The number of amides is 6. The lowest BCUT2D eigenvalue weighted by atomic mass is 10.0. The monoisotopic (exact) mass is 849 g/mol. The van der Waals surface area contributed by atoms with Crippen molar-refractivity contribution in [2.45, 2.75) is 82.4 Å². The highest BCUT2D eigenvalue weighted by Gasteiger charge is 2.36. The summed E-state index contributed by atoms with van der Waals surface area (Å²) in [7, 11) is 0. The zero-order chi connectivity index (χ0) is 45.0. The van der Waals surface area contributed by atoms with Crippen LogP contribution in [0, 0.1) is 5.92 Å². The normalized spacial score (nSPS) is 14.7. The molecule has 2 heterocycles. The number of aliphatic hydroxyl groups is 2. The van der Waals surface area contributed by atoms with Gasteiger partial charge in [0.15, 0.2) is 0 Å². The van der Waals surface area contributed by atoms with Crippen LogP contribution in [0.15, 0.2) is 60.9 Å². The number of carboxylic acids is 2. The van der Waals surface area contributed by atoms with Gasteiger partial charge in [-0.1, -0.05) is 50.2 Å². The predicted octanol–water partition coefficient (Wildman–Crippen LogP) is -2.11. The van der Waals surface area contributed by atoms with Crippen LogP contribution in [-0.2, 0) is 51.2 Å². The van der Waals surface area contributed by atoms with Crippen LogP contribution in [0.5, 0.6) is 0 Å². The number of hydrogen-bond acceptors (Lipinski definition) is 11. The number of aromatic amines is 2. The second kappa shape index (κ2) is 21.4. The first kappa shape index (κ1) is 46.8. The molecule has 0 aliphatic carbocycles. The van der Waals surface area contributed by atoms with Gasteiger partial charge in [-0.25, -0.2) is 4.79 Å². The fourth-order valence-corrected chi connectivity index (χ4v) is 6.44. The van der Waals surface area contributed by atoms with Crippen molar-refractivity contribution in [1.82, 2.24) is 41.9 Å². The smallest absolute Gasteiger partial charge is 0.326 e. The van der Waals surface area contributed by atoms with E-state index in [4.69, 9.17) is 5.73 Å². The number of rotatable bonds is 22. The number of carboxylic acid groups (broad SMARTS) is 2. The van der Waals surface area contributed by atoms with E-state index >= 15 is 0 Å². The molecule has 0 radical (unpaired) electrons. The van der Waals surface area contributed by atoms with Gasteiger partial charge in [-0.3, -0.25) is 33.6 Å². The molecule has 2 aromatic carbocycles. The molecule has 21 heteroatoms. The minimum Gasteiger partial charge on any atom is -0.481 e. The van der Waals surface area contributed by atoms with Crippen LogP contribution >= 0.6 is 0 Å². The predicted molar refractivity (Wildman–Crippen MR) is 218 cm³/mol. The van der Waals surface area contributed by atoms with Crippen LogP contribution in [0.1, 0.15) is 38.3 Å². The summed E-state index contributed by atoms with van der Waals surface area (Å²) in [5, 5.41) is 55.0. The maximum atomic E-state index is 13.7. The lowest BCUT2D eigenvalue weighted by molar-refractivity contribution is -0.143. The van der Waals surface area contributed by atoms with Gasteiger partial charge in [0.25, 0.3) is 0 Å². The Morgan fingerprint density at radius 3 is 1.67 bits per heavy atom. The molecule has 14 N–H and O–H groups in total. The molecule has 0 aliphatic rings. The van der Waals surface area contributed by atoms with Gasteiger partial charge in [0.05, 0.1) is 31.7 Å². The highest BCUT2D eigenvalue weighted by molar-refractivity contribution is 5.98. The Labute approximate surface area is 348 Å². The van der Waals surface area contributed by atoms with E-state index in [1.165, 1.54) is 0 Å². The Balaban J connectivity index is 1.41. The molecular weight excluding hydrogens is 798 g/mol. The Kier molecular flexibility index (Phi) is 16.5. The number of nitrogens with two attached hydrogens (primary N) is 1. The van der Waals surface area contributed by atoms with Crippen molar-refractivity contribution < 1.29 is 58.8 Å². The SMILES string of the molecule is CC(C)[C@H](NC(=O)[C@H](Cc1c[nH]c2ccccc12)NC(=O)[C@@H](NC(=O)[C@H](CC(=O)O)NC(=O)[C@H](CO)NC(=O)CNC(=O)[C@@H](N)Cc1c[nH]c2ccccc12)[C@@H](C)O)C(=O)O. The standard InChI is InChI=1S/C40H51N9O12/c1-19(2)33(40(60)61)48-36(56)28(13-22-16-43-27-11-7-5-9-24(22)27)47-39(59)34(20(3)51)49-37(57)29(14-32(53)54)46-38(58)30(18-50)45-31(52)17-44-35(55)25(41)12-21-15-42-26-10-6-4-8-23(21)26/h4-11,15-16,19-20,25,28-30,33-34,42-43,50-51H,12-14,17-18,41H2,1-3H3,(H,44,55)(H,45,52)(H,46,58)(H,47,59)(H,48,56)(H,49,57)(H,53,54)(H,60,61)/t20-,25+,28+,29+,30+,33+,34+/m1/s1. The van der Waals surface area contributed by atoms with E-state index in [0.717, 1.165) is 23.4 Å². The fraction of sp³-hybridized carbons (Fsp3) is 0.400. The number of aromatic nitrogens is 2. The molecule has 0 bridgehead atoms. The van der Waals surface area contributed by atoms with Crippen molar-refractivity contribution >= 4 is 69.2 Å². The molecule has 0 saturated carbocycles. The first-order chi connectivity index (χ1) is 28.9. The van der Waals surface area contributed by atoms with Gasteiger partial charge in [0, 0.05) is 40.6 Å². The second-order valence-corrected chi connectivity index (χ2v) is 14.8. The molecule has 6 amide bonds. The maximum Gasteiger partial charge on any atom is 0.326 e. The van der Waals surface area contributed by atoms with Gasteiger partial charge in [0.2, 0.25) is 35.4 Å². The molecule has 0 aliphatic heterocycles. The average Bonchev–Trinajstić information content (AvgIpc) is 3.82. The number of hydrogen-bond donors (Lipinski definition) is 13. The van der Waals surface area contributed by atoms with Crippen molar-refractivity contribution in [3.63, 3.8) is 0 Å². The number of H-pyrrole nitrogens is 2. The number of nitrogens with one attached hydrogen (secondary N) is 8. The Hall–Kier alpha value is -6.84. The van der Waals surface area contributed by atoms with E-state index < -0.39 is 115 Å². The number of para-hydroxylation sites is 2. The van der Waals surface area contributed by atoms with Crippen molar-refractivity contribution in [3.05, 3.63) is 72.1 Å². The summed E-state index contributed by atoms with van der Waals surface area (Å²) in [5.41, 5.74) is 8.93. The van der Waals surface area contributed by atoms with Crippen LogP contribution in [0.2, 0.25) is 0 Å². The van der Waals surface area contributed by atoms with Gasteiger partial charge in [-0.05, 0) is 42.5 Å². The van der Waals surface area contributed by atoms with Crippen LogP contribution in [-0.4, -0.2) is 133 Å². The third-order valence-corrected chi connectivity index (χ3v) is 9.75. The molecule has 0 saturated heterocycles. The van der Waals surface area contributed by atoms with Crippen molar-refractivity contribution in [3.8, 4) is 0 Å². The van der Waals surface area contributed by atoms with E-state index in [1.54, 1.807) is 50.5 Å². The zero-order valence-electron chi connectivity index (χ0n) is 33.6. The van der Waals surface area contributed by atoms with Gasteiger partial charge >= 0.3 is 11.9 Å². The topological polar surface area (TPSA) is 347 Å². The van der Waals surface area contributed by atoms with Crippen LogP contribution in [0.4, 0.5) is 0 Å². The van der Waals surface area contributed by atoms with E-state index in [-0.39, 0.29) is 12.8 Å². The summed E-state index contributed by atoms with van der Waals surface area (Å²) >= 11 is 0. The molecule has 4 aromatic rings. The number of aliphatic hydroxyl groups excluding tert-OH is 2.